The molecule has 0 saturated carbocycles. The molecule has 1 heterocycles. The minimum Gasteiger partial charge on any atom is -0.381 e. The molecule has 1 N–H and O–H groups in total. The molecule has 0 spiro atoms. The topological polar surface area (TPSA) is 24.5 Å². The van der Waals surface area contributed by atoms with Crippen molar-refractivity contribution < 1.29 is 4.74 Å². The minimum absolute atomic E-state index is 0.646. The molecule has 114 valence electrons. The van der Waals surface area contributed by atoms with Gasteiger partial charge in [0.15, 0.2) is 0 Å². The van der Waals surface area contributed by atoms with Crippen molar-refractivity contribution in [1.29, 1.82) is 0 Å². The number of hydrogen-bond acceptors (Lipinski definition) is 3. The van der Waals surface area contributed by atoms with Gasteiger partial charge in [0, 0.05) is 44.9 Å². The van der Waals surface area contributed by atoms with Gasteiger partial charge in [-0.3, -0.25) is 4.90 Å². The van der Waals surface area contributed by atoms with Crippen molar-refractivity contribution in [3.63, 3.8) is 0 Å². The summed E-state index contributed by atoms with van der Waals surface area (Å²) >= 11 is 0. The smallest absolute Gasteiger partial charge is 0.0489 e. The molecule has 1 aliphatic rings. The number of hydrogen-bond donors (Lipinski definition) is 1. The Bertz CT molecular complexity index is 231. The molecule has 0 amide bonds. The van der Waals surface area contributed by atoms with Gasteiger partial charge in [0.05, 0.1) is 0 Å². The summed E-state index contributed by atoms with van der Waals surface area (Å²) in [5.74, 6) is 1.37. The standard InChI is InChI=1S/C16H34N2O/c1-6-15-10-17-16(14(4)5)11-18(15)8-7-9-19-12-13(2)3/h13-17H,6-12H2,1-5H3. The van der Waals surface area contributed by atoms with Crippen LogP contribution in [0.1, 0.15) is 47.5 Å². The van der Waals surface area contributed by atoms with E-state index in [9.17, 15) is 0 Å². The lowest BCUT2D eigenvalue weighted by molar-refractivity contribution is 0.0742. The highest BCUT2D eigenvalue weighted by atomic mass is 16.5. The summed E-state index contributed by atoms with van der Waals surface area (Å²) in [4.78, 5) is 2.67. The molecule has 1 aliphatic heterocycles. The van der Waals surface area contributed by atoms with E-state index in [1.54, 1.807) is 0 Å². The number of rotatable bonds is 8. The molecule has 3 nitrogen and oxygen atoms in total. The number of nitrogens with one attached hydrogen (secondary N) is 1. The Hall–Kier alpha value is -0.120. The van der Waals surface area contributed by atoms with E-state index in [1.807, 2.05) is 0 Å². The third kappa shape index (κ3) is 6.24. The Kier molecular flexibility index (Phi) is 7.96. The average molecular weight is 270 g/mol. The number of piperazine rings is 1. The van der Waals surface area contributed by atoms with Crippen LogP contribution in [-0.4, -0.2) is 49.8 Å². The molecule has 3 heteroatoms. The SMILES string of the molecule is CCC1CNC(C(C)C)CN1CCCOCC(C)C. The zero-order valence-corrected chi connectivity index (χ0v) is 13.6. The minimum atomic E-state index is 0.646. The maximum Gasteiger partial charge on any atom is 0.0489 e. The van der Waals surface area contributed by atoms with Gasteiger partial charge >= 0.3 is 0 Å². The van der Waals surface area contributed by atoms with E-state index in [0.29, 0.717) is 18.0 Å². The van der Waals surface area contributed by atoms with Gasteiger partial charge in [-0.25, -0.2) is 0 Å². The molecule has 0 aliphatic carbocycles. The van der Waals surface area contributed by atoms with Crippen LogP contribution in [0, 0.1) is 11.8 Å². The molecular formula is C16H34N2O. The average Bonchev–Trinajstić information content (AvgIpc) is 2.37. The maximum absolute atomic E-state index is 5.69. The third-order valence-electron chi connectivity index (χ3n) is 4.02. The highest BCUT2D eigenvalue weighted by Gasteiger charge is 2.27. The maximum atomic E-state index is 5.69. The van der Waals surface area contributed by atoms with E-state index >= 15 is 0 Å². The first-order valence-corrected chi connectivity index (χ1v) is 8.09. The van der Waals surface area contributed by atoms with E-state index < -0.39 is 0 Å². The van der Waals surface area contributed by atoms with E-state index in [1.165, 1.54) is 19.5 Å². The fourth-order valence-corrected chi connectivity index (χ4v) is 2.69. The van der Waals surface area contributed by atoms with Crippen molar-refractivity contribution in [2.24, 2.45) is 11.8 Å². The van der Waals surface area contributed by atoms with Crippen LogP contribution in [-0.2, 0) is 4.74 Å². The van der Waals surface area contributed by atoms with Crippen molar-refractivity contribution >= 4 is 0 Å². The van der Waals surface area contributed by atoms with Gasteiger partial charge in [0.1, 0.15) is 0 Å². The first-order valence-electron chi connectivity index (χ1n) is 8.09. The Morgan fingerprint density at radius 3 is 2.58 bits per heavy atom. The Balaban J connectivity index is 2.27. The van der Waals surface area contributed by atoms with Crippen molar-refractivity contribution in [2.45, 2.75) is 59.5 Å². The highest BCUT2D eigenvalue weighted by Crippen LogP contribution is 2.15. The van der Waals surface area contributed by atoms with Crippen LogP contribution < -0.4 is 5.32 Å². The molecule has 1 rings (SSSR count). The van der Waals surface area contributed by atoms with Crippen LogP contribution in [0.4, 0.5) is 0 Å². The summed E-state index contributed by atoms with van der Waals surface area (Å²) in [6.45, 7) is 16.7. The second-order valence-corrected chi connectivity index (χ2v) is 6.64. The van der Waals surface area contributed by atoms with Crippen molar-refractivity contribution in [1.82, 2.24) is 10.2 Å². The van der Waals surface area contributed by atoms with E-state index in [-0.39, 0.29) is 0 Å². The largest absolute Gasteiger partial charge is 0.381 e. The van der Waals surface area contributed by atoms with Crippen LogP contribution in [0.15, 0.2) is 0 Å². The van der Waals surface area contributed by atoms with Crippen LogP contribution in [0.5, 0.6) is 0 Å². The fourth-order valence-electron chi connectivity index (χ4n) is 2.69. The molecule has 0 aromatic heterocycles. The van der Waals surface area contributed by atoms with Gasteiger partial charge in [-0.15, -0.1) is 0 Å². The van der Waals surface area contributed by atoms with Gasteiger partial charge in [-0.05, 0) is 24.7 Å². The molecule has 1 fully saturated rings. The molecule has 1 saturated heterocycles. The fraction of sp³-hybridized carbons (Fsp3) is 1.00. The quantitative estimate of drug-likeness (QED) is 0.686. The van der Waals surface area contributed by atoms with Crippen LogP contribution >= 0.6 is 0 Å². The monoisotopic (exact) mass is 270 g/mol. The summed E-state index contributed by atoms with van der Waals surface area (Å²) in [6, 6.07) is 1.36. The zero-order valence-electron chi connectivity index (χ0n) is 13.6. The Labute approximate surface area is 120 Å². The number of ether oxygens (including phenoxy) is 1. The van der Waals surface area contributed by atoms with Crippen LogP contribution in [0.2, 0.25) is 0 Å². The summed E-state index contributed by atoms with van der Waals surface area (Å²) in [5, 5.41) is 3.69. The van der Waals surface area contributed by atoms with Crippen LogP contribution in [0.25, 0.3) is 0 Å². The summed E-state index contributed by atoms with van der Waals surface area (Å²) in [5.41, 5.74) is 0. The summed E-state index contributed by atoms with van der Waals surface area (Å²) in [6.07, 6.45) is 2.40. The van der Waals surface area contributed by atoms with E-state index in [0.717, 1.165) is 32.1 Å². The second-order valence-electron chi connectivity index (χ2n) is 6.64. The predicted molar refractivity (Wildman–Crippen MR) is 82.6 cm³/mol. The molecule has 0 aromatic rings. The van der Waals surface area contributed by atoms with Gasteiger partial charge in [-0.1, -0.05) is 34.6 Å². The van der Waals surface area contributed by atoms with Crippen molar-refractivity contribution in [2.75, 3.05) is 32.8 Å². The van der Waals surface area contributed by atoms with Gasteiger partial charge in [-0.2, -0.15) is 0 Å². The lowest BCUT2D eigenvalue weighted by Crippen LogP contribution is -2.58. The predicted octanol–water partition coefficient (Wildman–Crippen LogP) is 2.76. The third-order valence-corrected chi connectivity index (χ3v) is 4.02. The first kappa shape index (κ1) is 16.9. The molecule has 0 aromatic carbocycles. The summed E-state index contributed by atoms with van der Waals surface area (Å²) in [7, 11) is 0. The van der Waals surface area contributed by atoms with Gasteiger partial charge in [0.25, 0.3) is 0 Å². The van der Waals surface area contributed by atoms with E-state index in [4.69, 9.17) is 4.74 Å². The number of nitrogens with zero attached hydrogens (tertiary/aromatic N) is 1. The Morgan fingerprint density at radius 1 is 1.26 bits per heavy atom. The van der Waals surface area contributed by atoms with Gasteiger partial charge < -0.3 is 10.1 Å². The first-order chi connectivity index (χ1) is 9.04. The Morgan fingerprint density at radius 2 is 2.00 bits per heavy atom. The molecule has 0 radical (unpaired) electrons. The van der Waals surface area contributed by atoms with E-state index in [2.05, 4.69) is 44.8 Å². The molecular weight excluding hydrogens is 236 g/mol. The molecule has 0 bridgehead atoms. The van der Waals surface area contributed by atoms with Crippen molar-refractivity contribution in [3.05, 3.63) is 0 Å². The molecule has 19 heavy (non-hydrogen) atoms. The highest BCUT2D eigenvalue weighted by molar-refractivity contribution is 4.86. The summed E-state index contributed by atoms with van der Waals surface area (Å²) < 4.78 is 5.69. The van der Waals surface area contributed by atoms with Crippen LogP contribution in [0.3, 0.4) is 0 Å². The molecule has 2 unspecified atom stereocenters. The lowest BCUT2D eigenvalue weighted by atomic mass is 9.98. The lowest BCUT2D eigenvalue weighted by Gasteiger charge is -2.41. The zero-order chi connectivity index (χ0) is 14.3. The second kappa shape index (κ2) is 8.93. The van der Waals surface area contributed by atoms with Gasteiger partial charge in [0.2, 0.25) is 0 Å². The van der Waals surface area contributed by atoms with Crippen molar-refractivity contribution in [3.8, 4) is 0 Å². The normalized spacial score (nSPS) is 25.4. The molecule has 2 atom stereocenters.